The van der Waals surface area contributed by atoms with Crippen molar-refractivity contribution in [2.45, 2.75) is 44.5 Å². The lowest BCUT2D eigenvalue weighted by atomic mass is 10.0. The molecule has 0 saturated carbocycles. The summed E-state index contributed by atoms with van der Waals surface area (Å²) in [4.78, 5) is 46.8. The van der Waals surface area contributed by atoms with E-state index in [4.69, 9.17) is 21.0 Å². The van der Waals surface area contributed by atoms with E-state index in [-0.39, 0.29) is 15.1 Å². The van der Waals surface area contributed by atoms with Crippen LogP contribution in [0.1, 0.15) is 26.0 Å². The standard InChI is InChI=1S/C26H32N8O9S2/c1-15-20(23(36)34(15)45(39,40)41)30-22(35)21(19-13-44-25(28)29-19)31-43-26(2,24(37)38)14-42-18-7-5-16(6-8-18)17-11-32(3)33(12-17)10-4-9-27/h5-8,11-13,15,20H,4,9-10,14,27H2,1-3H3,(H4-,28,29,30,35,37,38,39,40,41)/b31-21-/t15-,20+,26?/m1/s1. The molecule has 6 N–H and O–H groups in total. The van der Waals surface area contributed by atoms with Crippen LogP contribution in [0.3, 0.4) is 0 Å². The van der Waals surface area contributed by atoms with E-state index in [1.807, 2.05) is 40.9 Å². The van der Waals surface area contributed by atoms with Crippen LogP contribution in [0.5, 0.6) is 5.75 Å². The molecule has 3 atom stereocenters. The summed E-state index contributed by atoms with van der Waals surface area (Å²) in [6.45, 7) is 3.25. The number of benzene rings is 1. The molecule has 1 fully saturated rings. The minimum atomic E-state index is -5.08. The lowest BCUT2D eigenvalue weighted by Crippen LogP contribution is -2.71. The summed E-state index contributed by atoms with van der Waals surface area (Å²) in [5, 5.41) is 17.3. The number of aryl methyl sites for hydroxylation is 2. The number of nitrogens with zero attached hydrogens (tertiary/aromatic N) is 5. The molecule has 19 heteroatoms. The minimum Gasteiger partial charge on any atom is -0.731 e. The number of ether oxygens (including phenoxy) is 1. The van der Waals surface area contributed by atoms with Gasteiger partial charge in [0.25, 0.3) is 17.4 Å². The molecule has 1 aliphatic heterocycles. The number of rotatable bonds is 14. The second-order valence-corrected chi connectivity index (χ2v) is 12.5. The van der Waals surface area contributed by atoms with Gasteiger partial charge in [0.2, 0.25) is 6.20 Å². The number of β-lactam (4-membered cyclic amide) rings is 1. The number of nitrogens with one attached hydrogen (secondary N) is 1. The number of aliphatic carboxylic acids is 1. The topological polar surface area (TPSA) is 248 Å². The summed E-state index contributed by atoms with van der Waals surface area (Å²) in [6.07, 6.45) is 4.79. The molecular formula is C26H32N8O9S2. The molecule has 45 heavy (non-hydrogen) atoms. The summed E-state index contributed by atoms with van der Waals surface area (Å²) >= 11 is 0.951. The van der Waals surface area contributed by atoms with E-state index >= 15 is 0 Å². The fourth-order valence-electron chi connectivity index (χ4n) is 4.33. The Hall–Kier alpha value is -4.59. The van der Waals surface area contributed by atoms with E-state index in [1.165, 1.54) is 19.2 Å². The van der Waals surface area contributed by atoms with Crippen LogP contribution in [-0.2, 0) is 43.1 Å². The second kappa shape index (κ2) is 13.2. The van der Waals surface area contributed by atoms with Gasteiger partial charge in [-0.25, -0.2) is 22.5 Å². The molecular weight excluding hydrogens is 632 g/mol. The number of carboxylic acid groups (broad SMARTS) is 1. The second-order valence-electron chi connectivity index (χ2n) is 10.3. The van der Waals surface area contributed by atoms with Crippen LogP contribution >= 0.6 is 11.3 Å². The van der Waals surface area contributed by atoms with Gasteiger partial charge >= 0.3 is 5.97 Å². The van der Waals surface area contributed by atoms with Crippen LogP contribution in [0.2, 0.25) is 0 Å². The Labute approximate surface area is 261 Å². The summed E-state index contributed by atoms with van der Waals surface area (Å²) < 4.78 is 43.7. The monoisotopic (exact) mass is 664 g/mol. The summed E-state index contributed by atoms with van der Waals surface area (Å²) in [5.41, 5.74) is 10.4. The molecule has 1 aliphatic rings. The molecule has 0 radical (unpaired) electrons. The third-order valence-corrected chi connectivity index (χ3v) is 8.61. The normalized spacial score (nSPS) is 18.2. The number of carbonyl (C=O) groups is 3. The fourth-order valence-corrected chi connectivity index (χ4v) is 5.74. The Morgan fingerprint density at radius 3 is 2.53 bits per heavy atom. The highest BCUT2D eigenvalue weighted by molar-refractivity contribution is 7.84. The third-order valence-electron chi connectivity index (χ3n) is 6.95. The maximum Gasteiger partial charge on any atom is 0.354 e. The first kappa shape index (κ1) is 33.3. The van der Waals surface area contributed by atoms with E-state index in [2.05, 4.69) is 15.5 Å². The number of nitrogen functional groups attached to an aromatic ring is 1. The summed E-state index contributed by atoms with van der Waals surface area (Å²) in [6, 6.07) is 4.41. The van der Waals surface area contributed by atoms with Crippen molar-refractivity contribution in [3.8, 4) is 16.9 Å². The van der Waals surface area contributed by atoms with Crippen molar-refractivity contribution >= 4 is 50.3 Å². The number of oxime groups is 1. The van der Waals surface area contributed by atoms with Gasteiger partial charge < -0.3 is 36.0 Å². The van der Waals surface area contributed by atoms with Crippen molar-refractivity contribution in [2.24, 2.45) is 17.9 Å². The molecule has 1 saturated heterocycles. The van der Waals surface area contributed by atoms with Gasteiger partial charge in [-0.3, -0.25) is 9.59 Å². The average Bonchev–Trinajstić information content (AvgIpc) is 3.58. The Morgan fingerprint density at radius 1 is 1.29 bits per heavy atom. The molecule has 2 amide bonds. The van der Waals surface area contributed by atoms with Gasteiger partial charge in [-0.1, -0.05) is 17.3 Å². The average molecular weight is 665 g/mol. The zero-order chi connectivity index (χ0) is 33.1. The Bertz CT molecular complexity index is 1720. The minimum absolute atomic E-state index is 0.0517. The smallest absolute Gasteiger partial charge is 0.354 e. The Balaban J connectivity index is 1.48. The zero-order valence-corrected chi connectivity index (χ0v) is 26.1. The van der Waals surface area contributed by atoms with Crippen LogP contribution < -0.4 is 26.2 Å². The summed E-state index contributed by atoms with van der Waals surface area (Å²) in [5.74, 6) is -3.32. The molecule has 0 spiro atoms. The van der Waals surface area contributed by atoms with E-state index in [0.29, 0.717) is 12.3 Å². The van der Waals surface area contributed by atoms with E-state index in [9.17, 15) is 32.5 Å². The van der Waals surface area contributed by atoms with Gasteiger partial charge in [0.1, 0.15) is 24.1 Å². The number of carboxylic acids is 1. The van der Waals surface area contributed by atoms with Gasteiger partial charge in [0, 0.05) is 5.38 Å². The molecule has 17 nitrogen and oxygen atoms in total. The molecule has 242 valence electrons. The molecule has 1 aromatic carbocycles. The number of amides is 2. The van der Waals surface area contributed by atoms with Crippen molar-refractivity contribution < 1.29 is 46.7 Å². The van der Waals surface area contributed by atoms with E-state index < -0.39 is 58.1 Å². The first-order chi connectivity index (χ1) is 21.1. The molecule has 1 unspecified atom stereocenters. The van der Waals surface area contributed by atoms with Crippen LogP contribution in [0.15, 0.2) is 47.2 Å². The largest absolute Gasteiger partial charge is 0.731 e. The molecule has 0 aliphatic carbocycles. The SMILES string of the molecule is C[C@@H]1[C@H](NC(=O)/C(=N\OC(C)(COc2ccc(-c3cn(CCCN)[n+](C)c3)cc2)C(=O)O)c2csc(N)n2)C(=O)N1S(=O)(=O)[O-]. The fraction of sp³-hybridized carbons (Fsp3) is 0.385. The highest BCUT2D eigenvalue weighted by Gasteiger charge is 2.49. The molecule has 2 aromatic heterocycles. The van der Waals surface area contributed by atoms with Gasteiger partial charge in [0.15, 0.2) is 28.2 Å². The number of carbonyl (C=O) groups excluding carboxylic acids is 2. The van der Waals surface area contributed by atoms with Crippen molar-refractivity contribution in [2.75, 3.05) is 18.9 Å². The molecule has 3 heterocycles. The van der Waals surface area contributed by atoms with Gasteiger partial charge in [-0.15, -0.1) is 16.0 Å². The number of hydrogen-bond donors (Lipinski definition) is 4. The van der Waals surface area contributed by atoms with Crippen molar-refractivity contribution in [3.05, 3.63) is 47.7 Å². The molecule has 3 aromatic rings. The number of aromatic nitrogens is 3. The lowest BCUT2D eigenvalue weighted by Gasteiger charge is -2.45. The summed E-state index contributed by atoms with van der Waals surface area (Å²) in [7, 11) is -3.15. The Morgan fingerprint density at radius 2 is 1.98 bits per heavy atom. The quantitative estimate of drug-likeness (QED) is 0.0543. The van der Waals surface area contributed by atoms with Gasteiger partial charge in [-0.05, 0) is 44.5 Å². The third kappa shape index (κ3) is 7.39. The predicted molar refractivity (Wildman–Crippen MR) is 158 cm³/mol. The van der Waals surface area contributed by atoms with Crippen molar-refractivity contribution in [1.82, 2.24) is 19.3 Å². The van der Waals surface area contributed by atoms with Crippen LogP contribution in [0.4, 0.5) is 5.13 Å². The van der Waals surface area contributed by atoms with E-state index in [0.717, 1.165) is 35.4 Å². The van der Waals surface area contributed by atoms with E-state index in [1.54, 1.807) is 12.1 Å². The highest BCUT2D eigenvalue weighted by atomic mass is 32.2. The highest BCUT2D eigenvalue weighted by Crippen LogP contribution is 2.25. The number of anilines is 1. The molecule has 4 rings (SSSR count). The number of nitrogens with two attached hydrogens (primary N) is 2. The molecule has 0 bridgehead atoms. The first-order valence-electron chi connectivity index (χ1n) is 13.4. The van der Waals surface area contributed by atoms with Crippen LogP contribution in [-0.4, -0.2) is 86.4 Å². The van der Waals surface area contributed by atoms with Gasteiger partial charge in [0.05, 0.1) is 24.3 Å². The van der Waals surface area contributed by atoms with Crippen LogP contribution in [0.25, 0.3) is 11.1 Å². The number of thiazole rings is 1. The first-order valence-corrected chi connectivity index (χ1v) is 15.7. The number of hydrogen-bond acceptors (Lipinski definition) is 13. The maximum absolute atomic E-state index is 13.1. The van der Waals surface area contributed by atoms with Crippen molar-refractivity contribution in [1.29, 1.82) is 0 Å². The van der Waals surface area contributed by atoms with Crippen LogP contribution in [0, 0.1) is 0 Å². The predicted octanol–water partition coefficient (Wildman–Crippen LogP) is -0.814. The lowest BCUT2D eigenvalue weighted by molar-refractivity contribution is -0.753. The van der Waals surface area contributed by atoms with Crippen molar-refractivity contribution in [3.63, 3.8) is 0 Å². The van der Waals surface area contributed by atoms with Gasteiger partial charge in [-0.2, -0.15) is 4.68 Å². The Kier molecular flexibility index (Phi) is 9.76. The zero-order valence-electron chi connectivity index (χ0n) is 24.4. The maximum atomic E-state index is 13.1.